The molecule has 0 atom stereocenters. The molecule has 154 valence electrons. The number of urea groups is 1. The van der Waals surface area contributed by atoms with Gasteiger partial charge < -0.3 is 10.6 Å². The fourth-order valence-corrected chi connectivity index (χ4v) is 3.15. The predicted octanol–water partition coefficient (Wildman–Crippen LogP) is 5.50. The van der Waals surface area contributed by atoms with Gasteiger partial charge in [-0.3, -0.25) is 10.4 Å². The van der Waals surface area contributed by atoms with E-state index in [2.05, 4.69) is 22.5 Å². The number of aromatic nitrogens is 1. The summed E-state index contributed by atoms with van der Waals surface area (Å²) in [6.07, 6.45) is 10.8. The Bertz CT molecular complexity index is 923. The van der Waals surface area contributed by atoms with E-state index in [1.54, 1.807) is 12.3 Å². The third-order valence-electron chi connectivity index (χ3n) is 4.68. The maximum Gasteiger partial charge on any atom is 0.319 e. The minimum absolute atomic E-state index is 0.0285. The third kappa shape index (κ3) is 5.91. The van der Waals surface area contributed by atoms with Crippen LogP contribution >= 0.6 is 11.6 Å². The van der Waals surface area contributed by atoms with Gasteiger partial charge in [-0.05, 0) is 74.6 Å². The van der Waals surface area contributed by atoms with Crippen molar-refractivity contribution < 1.29 is 4.79 Å². The number of amides is 2. The molecule has 1 aliphatic rings. The van der Waals surface area contributed by atoms with E-state index in [0.29, 0.717) is 16.3 Å². The maximum absolute atomic E-state index is 12.2. The highest BCUT2D eigenvalue weighted by Gasteiger charge is 2.18. The zero-order valence-corrected chi connectivity index (χ0v) is 18.4. The Labute approximate surface area is 178 Å². The lowest BCUT2D eigenvalue weighted by Crippen LogP contribution is -2.39. The zero-order chi connectivity index (χ0) is 21.6. The Morgan fingerprint density at radius 2 is 2.03 bits per heavy atom. The lowest BCUT2D eigenvalue weighted by molar-refractivity contribution is 0.241. The van der Waals surface area contributed by atoms with Crippen molar-refractivity contribution >= 4 is 28.9 Å². The van der Waals surface area contributed by atoms with Gasteiger partial charge in [0.25, 0.3) is 0 Å². The van der Waals surface area contributed by atoms with Crippen LogP contribution in [0, 0.1) is 5.41 Å². The number of nitrogens with one attached hydrogen (secondary N) is 3. The molecule has 1 heterocycles. The number of nitrogens with zero attached hydrogens (tertiary/aromatic N) is 1. The molecule has 0 saturated carbocycles. The van der Waals surface area contributed by atoms with Crippen LogP contribution in [0.5, 0.6) is 0 Å². The van der Waals surface area contributed by atoms with Crippen LogP contribution in [0.15, 0.2) is 58.6 Å². The molecule has 0 fully saturated rings. The Morgan fingerprint density at radius 3 is 2.66 bits per heavy atom. The highest BCUT2D eigenvalue weighted by molar-refractivity contribution is 6.47. The molecule has 6 heteroatoms. The van der Waals surface area contributed by atoms with Crippen LogP contribution in [0.2, 0.25) is 0 Å². The Balaban J connectivity index is 2.49. The van der Waals surface area contributed by atoms with Gasteiger partial charge >= 0.3 is 6.03 Å². The van der Waals surface area contributed by atoms with Crippen LogP contribution in [-0.4, -0.2) is 22.8 Å². The van der Waals surface area contributed by atoms with Crippen LogP contribution in [-0.2, 0) is 6.42 Å². The Morgan fingerprint density at radius 1 is 1.31 bits per heavy atom. The molecule has 0 spiro atoms. The first-order valence-electron chi connectivity index (χ1n) is 9.87. The molecule has 1 aromatic rings. The average molecular weight is 413 g/mol. The van der Waals surface area contributed by atoms with Gasteiger partial charge in [-0.15, -0.1) is 0 Å². The summed E-state index contributed by atoms with van der Waals surface area (Å²) in [5, 5.41) is 14.5. The largest absolute Gasteiger partial charge is 0.336 e. The minimum Gasteiger partial charge on any atom is -0.336 e. The van der Waals surface area contributed by atoms with Crippen molar-refractivity contribution in [3.05, 3.63) is 69.7 Å². The maximum atomic E-state index is 12.2. The lowest BCUT2D eigenvalue weighted by atomic mass is 9.92. The first kappa shape index (κ1) is 22.6. The highest BCUT2D eigenvalue weighted by atomic mass is 35.5. The number of carbonyl (C=O) groups excluding carboxylic acids is 1. The summed E-state index contributed by atoms with van der Waals surface area (Å²) in [5.74, 6) is 0. The van der Waals surface area contributed by atoms with Crippen molar-refractivity contribution in [1.29, 1.82) is 5.41 Å². The van der Waals surface area contributed by atoms with Crippen molar-refractivity contribution in [2.45, 2.75) is 53.5 Å². The molecule has 1 aliphatic carbocycles. The summed E-state index contributed by atoms with van der Waals surface area (Å²) in [4.78, 5) is 16.5. The van der Waals surface area contributed by atoms with Gasteiger partial charge in [0, 0.05) is 35.3 Å². The molecular formula is C23H29ClN4O. The number of carbonyl (C=O) groups is 1. The van der Waals surface area contributed by atoms with Gasteiger partial charge in [0.15, 0.2) is 0 Å². The number of rotatable bonds is 6. The van der Waals surface area contributed by atoms with Gasteiger partial charge in [-0.1, -0.05) is 25.4 Å². The Kier molecular flexibility index (Phi) is 7.97. The molecule has 3 N–H and O–H groups in total. The van der Waals surface area contributed by atoms with Crippen LogP contribution in [0.3, 0.4) is 0 Å². The molecule has 1 aromatic heterocycles. The summed E-state index contributed by atoms with van der Waals surface area (Å²) >= 11 is 6.39. The summed E-state index contributed by atoms with van der Waals surface area (Å²) in [7, 11) is 0. The topological polar surface area (TPSA) is 77.9 Å². The van der Waals surface area contributed by atoms with E-state index in [1.165, 1.54) is 0 Å². The third-order valence-corrected chi connectivity index (χ3v) is 4.98. The van der Waals surface area contributed by atoms with Crippen molar-refractivity contribution in [1.82, 2.24) is 15.6 Å². The fourth-order valence-electron chi connectivity index (χ4n) is 2.92. The van der Waals surface area contributed by atoms with Crippen molar-refractivity contribution in [2.24, 2.45) is 0 Å². The second kappa shape index (κ2) is 10.2. The van der Waals surface area contributed by atoms with Gasteiger partial charge in [0.1, 0.15) is 0 Å². The summed E-state index contributed by atoms with van der Waals surface area (Å²) in [5.41, 5.74) is 5.62. The van der Waals surface area contributed by atoms with Crippen LogP contribution in [0.4, 0.5) is 4.79 Å². The van der Waals surface area contributed by atoms with Crippen molar-refractivity contribution in [3.63, 3.8) is 0 Å². The average Bonchev–Trinajstić information content (AvgIpc) is 2.69. The van der Waals surface area contributed by atoms with E-state index < -0.39 is 0 Å². The molecule has 0 aromatic carbocycles. The molecule has 0 unspecified atom stereocenters. The van der Waals surface area contributed by atoms with Gasteiger partial charge in [0.2, 0.25) is 0 Å². The zero-order valence-electron chi connectivity index (χ0n) is 17.7. The number of pyridine rings is 1. The summed E-state index contributed by atoms with van der Waals surface area (Å²) < 4.78 is 0. The fraction of sp³-hybridized carbons (Fsp3) is 0.348. The van der Waals surface area contributed by atoms with Crippen LogP contribution < -0.4 is 10.6 Å². The second-order valence-corrected chi connectivity index (χ2v) is 7.66. The first-order chi connectivity index (χ1) is 13.8. The molecule has 2 rings (SSSR count). The molecule has 5 nitrogen and oxygen atoms in total. The predicted molar refractivity (Wildman–Crippen MR) is 121 cm³/mol. The highest BCUT2D eigenvalue weighted by Crippen LogP contribution is 2.30. The molecule has 0 aliphatic heterocycles. The molecule has 0 radical (unpaired) electrons. The van der Waals surface area contributed by atoms with Crippen LogP contribution in [0.25, 0.3) is 5.57 Å². The smallest absolute Gasteiger partial charge is 0.319 e. The van der Waals surface area contributed by atoms with Crippen molar-refractivity contribution in [2.75, 3.05) is 0 Å². The summed E-state index contributed by atoms with van der Waals surface area (Å²) in [6, 6.07) is 1.75. The molecule has 0 bridgehead atoms. The van der Waals surface area contributed by atoms with Gasteiger partial charge in [-0.25, -0.2) is 4.79 Å². The standard InChI is InChI=1S/C23H29ClN4O/c1-6-15(5)21(28-23(29)27-14(3)4)12-18-10-17(11-20(24)22(18)25)19-13-26-9-8-16(19)7-2/h8-14,25H,6-7H2,1-5H3,(H2,27,28,29)/b18-12-,21-15-,25-22?. The molecule has 29 heavy (non-hydrogen) atoms. The Hall–Kier alpha value is -2.66. The SMILES string of the molecule is CC/C(C)=C(/C=C1/C=C(c2cnccc2CC)C=C(Cl)C1=N)NC(=O)NC(C)C. The van der Waals surface area contributed by atoms with E-state index in [0.717, 1.165) is 35.1 Å². The number of hydrogen-bond acceptors (Lipinski definition) is 3. The van der Waals surface area contributed by atoms with E-state index in [4.69, 9.17) is 17.0 Å². The van der Waals surface area contributed by atoms with E-state index in [-0.39, 0.29) is 17.8 Å². The van der Waals surface area contributed by atoms with Crippen molar-refractivity contribution in [3.8, 4) is 0 Å². The van der Waals surface area contributed by atoms with Crippen LogP contribution in [0.1, 0.15) is 52.2 Å². The van der Waals surface area contributed by atoms with E-state index >= 15 is 0 Å². The molecule has 2 amide bonds. The van der Waals surface area contributed by atoms with E-state index in [1.807, 2.05) is 52.1 Å². The summed E-state index contributed by atoms with van der Waals surface area (Å²) in [6.45, 7) is 9.90. The lowest BCUT2D eigenvalue weighted by Gasteiger charge is -2.18. The second-order valence-electron chi connectivity index (χ2n) is 7.25. The number of allylic oxidation sites excluding steroid dienone is 7. The normalized spacial score (nSPS) is 16.4. The van der Waals surface area contributed by atoms with Gasteiger partial charge in [-0.2, -0.15) is 0 Å². The quantitative estimate of drug-likeness (QED) is 0.576. The number of halogens is 1. The molecular weight excluding hydrogens is 384 g/mol. The minimum atomic E-state index is -0.270. The molecule has 0 saturated heterocycles. The van der Waals surface area contributed by atoms with Gasteiger partial charge in [0.05, 0.1) is 10.7 Å². The number of aryl methyl sites for hydroxylation is 1. The van der Waals surface area contributed by atoms with E-state index in [9.17, 15) is 4.79 Å². The number of hydrogen-bond donors (Lipinski definition) is 3. The monoisotopic (exact) mass is 412 g/mol. The first-order valence-corrected chi connectivity index (χ1v) is 10.2.